The van der Waals surface area contributed by atoms with Crippen LogP contribution in [0.4, 0.5) is 14.5 Å². The van der Waals surface area contributed by atoms with Gasteiger partial charge in [-0.15, -0.1) is 0 Å². The highest BCUT2D eigenvalue weighted by Gasteiger charge is 2.26. The number of hydrogen-bond donors (Lipinski definition) is 2. The fourth-order valence-electron chi connectivity index (χ4n) is 4.39. The van der Waals surface area contributed by atoms with Crippen molar-refractivity contribution in [1.82, 2.24) is 29.5 Å². The summed E-state index contributed by atoms with van der Waals surface area (Å²) in [5, 5.41) is 10.5. The van der Waals surface area contributed by atoms with Gasteiger partial charge in [0.25, 0.3) is 11.8 Å². The van der Waals surface area contributed by atoms with Gasteiger partial charge in [-0.1, -0.05) is 6.07 Å². The fraction of sp³-hybridized carbons (Fsp3) is 0.308. The molecule has 1 aliphatic rings. The van der Waals surface area contributed by atoms with Gasteiger partial charge in [0.1, 0.15) is 22.8 Å². The summed E-state index contributed by atoms with van der Waals surface area (Å²) in [6.45, 7) is 0.774. The highest BCUT2D eigenvalue weighted by Crippen LogP contribution is 2.33. The zero-order valence-electron chi connectivity index (χ0n) is 21.1. The Morgan fingerprint density at radius 2 is 2.05 bits per heavy atom. The minimum atomic E-state index is -3.09. The summed E-state index contributed by atoms with van der Waals surface area (Å²) in [4.78, 5) is 31.9. The van der Waals surface area contributed by atoms with Gasteiger partial charge in [-0.25, -0.2) is 4.98 Å². The third-order valence-electron chi connectivity index (χ3n) is 6.34. The number of nitrogens with one attached hydrogen (secondary N) is 2. The third kappa shape index (κ3) is 5.07. The monoisotopic (exact) mass is 523 g/mol. The Bertz CT molecular complexity index is 1510. The predicted octanol–water partition coefficient (Wildman–Crippen LogP) is 3.62. The number of pyridine rings is 1. The van der Waals surface area contributed by atoms with Crippen LogP contribution in [0.25, 0.3) is 22.2 Å². The average molecular weight is 524 g/mol. The first kappa shape index (κ1) is 25.3. The molecule has 2 N–H and O–H groups in total. The van der Waals surface area contributed by atoms with E-state index in [2.05, 4.69) is 20.7 Å². The van der Waals surface area contributed by atoms with Gasteiger partial charge in [0.2, 0.25) is 0 Å². The summed E-state index contributed by atoms with van der Waals surface area (Å²) in [5.74, 6) is -0.985. The van der Waals surface area contributed by atoms with Crippen molar-refractivity contribution in [2.24, 2.45) is 0 Å². The van der Waals surface area contributed by atoms with Crippen LogP contribution in [0.1, 0.15) is 33.9 Å². The van der Waals surface area contributed by atoms with Gasteiger partial charge in [0.15, 0.2) is 0 Å². The summed E-state index contributed by atoms with van der Waals surface area (Å²) < 4.78 is 34.8. The fourth-order valence-corrected chi connectivity index (χ4v) is 4.39. The summed E-state index contributed by atoms with van der Waals surface area (Å²) in [5.41, 5.74) is 2.46. The molecular formula is C26H27F2N7O3. The largest absolute Gasteiger partial charge is 0.433 e. The van der Waals surface area contributed by atoms with Gasteiger partial charge in [0.05, 0.1) is 24.5 Å². The van der Waals surface area contributed by atoms with Crippen molar-refractivity contribution < 1.29 is 23.1 Å². The smallest absolute Gasteiger partial charge is 0.387 e. The first-order valence-corrected chi connectivity index (χ1v) is 12.1. The average Bonchev–Trinajstić information content (AvgIpc) is 3.51. The molecule has 0 saturated carbocycles. The molecule has 1 aromatic carbocycles. The number of halogens is 2. The number of rotatable bonds is 8. The van der Waals surface area contributed by atoms with Crippen molar-refractivity contribution >= 4 is 28.5 Å². The molecule has 0 radical (unpaired) electrons. The number of hydrogen-bond acceptors (Lipinski definition) is 6. The van der Waals surface area contributed by atoms with Crippen LogP contribution in [-0.2, 0) is 6.54 Å². The number of alkyl halides is 2. The molecule has 0 aliphatic carbocycles. The van der Waals surface area contributed by atoms with Crippen molar-refractivity contribution in [3.05, 3.63) is 60.2 Å². The van der Waals surface area contributed by atoms with Crippen LogP contribution in [0.5, 0.6) is 5.75 Å². The second-order valence-corrected chi connectivity index (χ2v) is 9.41. The Morgan fingerprint density at radius 3 is 2.82 bits per heavy atom. The lowest BCUT2D eigenvalue weighted by Gasteiger charge is -2.23. The van der Waals surface area contributed by atoms with Crippen LogP contribution in [0.3, 0.4) is 0 Å². The van der Waals surface area contributed by atoms with Gasteiger partial charge in [0, 0.05) is 30.2 Å². The number of benzene rings is 1. The molecule has 2 amide bonds. The minimum Gasteiger partial charge on any atom is -0.433 e. The Kier molecular flexibility index (Phi) is 6.81. The first-order valence-electron chi connectivity index (χ1n) is 12.1. The Hall–Kier alpha value is -4.32. The number of nitrogens with zero attached hydrogens (tertiary/aromatic N) is 5. The molecule has 0 bridgehead atoms. The van der Waals surface area contributed by atoms with E-state index >= 15 is 0 Å². The second-order valence-electron chi connectivity index (χ2n) is 9.41. The summed E-state index contributed by atoms with van der Waals surface area (Å²) in [7, 11) is 3.93. The van der Waals surface area contributed by atoms with E-state index in [1.54, 1.807) is 33.6 Å². The number of carbonyl (C=O) groups is 2. The molecule has 0 fully saturated rings. The number of likely N-dealkylation sites (N-methyl/N-ethyl adjacent to an activating group) is 1. The van der Waals surface area contributed by atoms with Crippen LogP contribution < -0.4 is 15.4 Å². The Balaban J connectivity index is 1.41. The van der Waals surface area contributed by atoms with E-state index in [1.807, 2.05) is 32.1 Å². The lowest BCUT2D eigenvalue weighted by Crippen LogP contribution is -2.37. The third-order valence-corrected chi connectivity index (χ3v) is 6.34. The Labute approximate surface area is 217 Å². The molecular weight excluding hydrogens is 496 g/mol. The maximum Gasteiger partial charge on any atom is 0.387 e. The van der Waals surface area contributed by atoms with Crippen LogP contribution in [0.15, 0.2) is 48.8 Å². The van der Waals surface area contributed by atoms with Crippen LogP contribution in [-0.4, -0.2) is 69.8 Å². The number of carbonyl (C=O) groups excluding carboxylic acids is 2. The molecule has 4 heterocycles. The number of fused-ring (bicyclic) bond motifs is 3. The summed E-state index contributed by atoms with van der Waals surface area (Å²) in [6.07, 6.45) is 3.47. The van der Waals surface area contributed by atoms with Gasteiger partial charge >= 0.3 is 6.61 Å². The molecule has 38 heavy (non-hydrogen) atoms. The topological polar surface area (TPSA) is 106 Å². The number of aromatic nitrogens is 4. The molecule has 5 rings (SSSR count). The molecule has 3 aromatic heterocycles. The molecule has 198 valence electrons. The van der Waals surface area contributed by atoms with E-state index in [-0.39, 0.29) is 29.1 Å². The zero-order chi connectivity index (χ0) is 27.0. The quantitative estimate of drug-likeness (QED) is 0.366. The van der Waals surface area contributed by atoms with Crippen LogP contribution >= 0.6 is 0 Å². The molecule has 1 aliphatic heterocycles. The molecule has 0 saturated heterocycles. The first-order chi connectivity index (χ1) is 18.2. The molecule has 12 heteroatoms. The highest BCUT2D eigenvalue weighted by molar-refractivity contribution is 6.05. The maximum absolute atomic E-state index is 13.2. The van der Waals surface area contributed by atoms with Gasteiger partial charge in [-0.2, -0.15) is 13.9 Å². The van der Waals surface area contributed by atoms with E-state index in [1.165, 1.54) is 18.2 Å². The van der Waals surface area contributed by atoms with Gasteiger partial charge < -0.3 is 24.8 Å². The van der Waals surface area contributed by atoms with E-state index in [0.717, 1.165) is 17.5 Å². The molecule has 0 unspecified atom stereocenters. The summed E-state index contributed by atoms with van der Waals surface area (Å²) >= 11 is 0. The van der Waals surface area contributed by atoms with E-state index in [0.29, 0.717) is 30.0 Å². The Morgan fingerprint density at radius 1 is 1.24 bits per heavy atom. The standard InChI is InChI=1S/C26H27F2N7O3/c1-15-12-29-25(37)21-10-17-5-7-20(31-23(17)35(15)21)24(36)32-19-6-4-16(11-22(19)38-26(27)28)18-13-30-34(14-18)9-8-33(2)3/h4-7,10-11,13-15,26H,8-9,12H2,1-3H3,(H,29,37)(H,32,36)/t15-/m1/s1. The van der Waals surface area contributed by atoms with Crippen molar-refractivity contribution in [3.8, 4) is 16.9 Å². The van der Waals surface area contributed by atoms with E-state index in [9.17, 15) is 18.4 Å². The van der Waals surface area contributed by atoms with Crippen molar-refractivity contribution in [2.75, 3.05) is 32.5 Å². The van der Waals surface area contributed by atoms with Crippen molar-refractivity contribution in [3.63, 3.8) is 0 Å². The zero-order valence-corrected chi connectivity index (χ0v) is 21.1. The SMILES string of the molecule is C[C@@H]1CNC(=O)c2cc3ccc(C(=O)Nc4ccc(-c5cnn(CCN(C)C)c5)cc4OC(F)F)nc3n21. The van der Waals surface area contributed by atoms with Crippen LogP contribution in [0.2, 0.25) is 0 Å². The van der Waals surface area contributed by atoms with E-state index in [4.69, 9.17) is 4.74 Å². The number of amides is 2. The highest BCUT2D eigenvalue weighted by atomic mass is 19.3. The summed E-state index contributed by atoms with van der Waals surface area (Å²) in [6, 6.07) is 9.55. The second kappa shape index (κ2) is 10.2. The lowest BCUT2D eigenvalue weighted by molar-refractivity contribution is -0.0493. The number of anilines is 1. The number of ether oxygens (including phenoxy) is 1. The van der Waals surface area contributed by atoms with Crippen LogP contribution in [0, 0.1) is 0 Å². The van der Waals surface area contributed by atoms with E-state index < -0.39 is 12.5 Å². The van der Waals surface area contributed by atoms with Crippen molar-refractivity contribution in [2.45, 2.75) is 26.1 Å². The molecule has 1 atom stereocenters. The molecule has 4 aromatic rings. The van der Waals surface area contributed by atoms with Gasteiger partial charge in [-0.05, 0) is 56.9 Å². The normalized spacial score (nSPS) is 15.1. The van der Waals surface area contributed by atoms with Gasteiger partial charge in [-0.3, -0.25) is 14.3 Å². The maximum atomic E-state index is 13.2. The minimum absolute atomic E-state index is 0.0446. The predicted molar refractivity (Wildman–Crippen MR) is 138 cm³/mol. The lowest BCUT2D eigenvalue weighted by atomic mass is 10.1. The molecule has 0 spiro atoms. The molecule has 10 nitrogen and oxygen atoms in total. The van der Waals surface area contributed by atoms with Crippen molar-refractivity contribution in [1.29, 1.82) is 0 Å².